The third-order valence-corrected chi connectivity index (χ3v) is 3.09. The van der Waals surface area contributed by atoms with Gasteiger partial charge in [0.25, 0.3) is 0 Å². The maximum Gasteiger partial charge on any atom is 0.204 e. The van der Waals surface area contributed by atoms with E-state index in [0.717, 1.165) is 5.57 Å². The van der Waals surface area contributed by atoms with E-state index in [1.54, 1.807) is 31.5 Å². The summed E-state index contributed by atoms with van der Waals surface area (Å²) in [6, 6.07) is 1.70. The Kier molecular flexibility index (Phi) is 4.20. The van der Waals surface area contributed by atoms with Crippen LogP contribution in [0.1, 0.15) is 32.2 Å². The standard InChI is InChI=1S/C15H16N2O3/c1-3-12(14-16-7-4-8-17-14)20-15(10-18)6-5-11(2)9-13(15)19/h4-10,12H,3H2,1-2H3. The molecule has 2 unspecified atom stereocenters. The Morgan fingerprint density at radius 3 is 2.65 bits per heavy atom. The van der Waals surface area contributed by atoms with Crippen molar-refractivity contribution in [2.24, 2.45) is 0 Å². The number of hydrogen-bond acceptors (Lipinski definition) is 5. The third-order valence-electron chi connectivity index (χ3n) is 3.09. The molecule has 2 atom stereocenters. The number of carbonyl (C=O) groups excluding carboxylic acids is 2. The van der Waals surface area contributed by atoms with Crippen molar-refractivity contribution in [1.29, 1.82) is 0 Å². The molecule has 0 aromatic carbocycles. The van der Waals surface area contributed by atoms with Gasteiger partial charge in [-0.2, -0.15) is 0 Å². The first-order valence-electron chi connectivity index (χ1n) is 6.44. The Labute approximate surface area is 117 Å². The fourth-order valence-electron chi connectivity index (χ4n) is 1.96. The van der Waals surface area contributed by atoms with Gasteiger partial charge >= 0.3 is 0 Å². The van der Waals surface area contributed by atoms with Crippen LogP contribution in [0.25, 0.3) is 0 Å². The Balaban J connectivity index is 2.28. The van der Waals surface area contributed by atoms with Crippen LogP contribution in [0.2, 0.25) is 0 Å². The lowest BCUT2D eigenvalue weighted by Gasteiger charge is -2.28. The molecule has 5 heteroatoms. The lowest BCUT2D eigenvalue weighted by molar-refractivity contribution is -0.149. The maximum atomic E-state index is 12.1. The van der Waals surface area contributed by atoms with E-state index in [0.29, 0.717) is 18.5 Å². The average molecular weight is 272 g/mol. The smallest absolute Gasteiger partial charge is 0.204 e. The number of aromatic nitrogens is 2. The van der Waals surface area contributed by atoms with Gasteiger partial charge in [-0.1, -0.05) is 13.0 Å². The van der Waals surface area contributed by atoms with E-state index < -0.39 is 11.7 Å². The lowest BCUT2D eigenvalue weighted by Crippen LogP contribution is -2.43. The number of carbonyl (C=O) groups is 2. The fraction of sp³-hybridized carbons (Fsp3) is 0.333. The molecule has 104 valence electrons. The van der Waals surface area contributed by atoms with Crippen LogP contribution < -0.4 is 0 Å². The van der Waals surface area contributed by atoms with E-state index in [2.05, 4.69) is 9.97 Å². The van der Waals surface area contributed by atoms with Crippen LogP contribution in [-0.4, -0.2) is 27.6 Å². The van der Waals surface area contributed by atoms with Crippen molar-refractivity contribution < 1.29 is 14.3 Å². The van der Waals surface area contributed by atoms with Crippen molar-refractivity contribution in [2.75, 3.05) is 0 Å². The summed E-state index contributed by atoms with van der Waals surface area (Å²) < 4.78 is 5.75. The number of ether oxygens (including phenoxy) is 1. The zero-order valence-corrected chi connectivity index (χ0v) is 11.4. The first kappa shape index (κ1) is 14.3. The summed E-state index contributed by atoms with van der Waals surface area (Å²) in [5.74, 6) is 0.0885. The van der Waals surface area contributed by atoms with Gasteiger partial charge in [0.1, 0.15) is 6.10 Å². The van der Waals surface area contributed by atoms with E-state index in [9.17, 15) is 9.59 Å². The van der Waals surface area contributed by atoms with Crippen molar-refractivity contribution in [2.45, 2.75) is 32.0 Å². The number of ketones is 1. The van der Waals surface area contributed by atoms with Crippen LogP contribution >= 0.6 is 0 Å². The summed E-state index contributed by atoms with van der Waals surface area (Å²) in [4.78, 5) is 31.8. The monoisotopic (exact) mass is 272 g/mol. The van der Waals surface area contributed by atoms with Crippen molar-refractivity contribution in [3.05, 3.63) is 48.1 Å². The SMILES string of the molecule is CCC(OC1(C=O)C=CC(C)=CC1=O)c1ncccn1. The van der Waals surface area contributed by atoms with Crippen LogP contribution in [0.4, 0.5) is 0 Å². The van der Waals surface area contributed by atoms with Crippen molar-refractivity contribution >= 4 is 12.1 Å². The number of rotatable bonds is 5. The normalized spacial score (nSPS) is 23.3. The molecule has 20 heavy (non-hydrogen) atoms. The van der Waals surface area contributed by atoms with Gasteiger partial charge in [-0.3, -0.25) is 9.59 Å². The summed E-state index contributed by atoms with van der Waals surface area (Å²) in [6.45, 7) is 3.68. The fourth-order valence-corrected chi connectivity index (χ4v) is 1.96. The number of nitrogens with zero attached hydrogens (tertiary/aromatic N) is 2. The summed E-state index contributed by atoms with van der Waals surface area (Å²) in [7, 11) is 0. The minimum atomic E-state index is -1.57. The largest absolute Gasteiger partial charge is 0.344 e. The molecule has 1 aliphatic rings. The minimum Gasteiger partial charge on any atom is -0.344 e. The van der Waals surface area contributed by atoms with Crippen LogP contribution in [0.5, 0.6) is 0 Å². The van der Waals surface area contributed by atoms with Crippen molar-refractivity contribution in [3.8, 4) is 0 Å². The Morgan fingerprint density at radius 1 is 1.40 bits per heavy atom. The van der Waals surface area contributed by atoms with Gasteiger partial charge < -0.3 is 4.74 Å². The number of hydrogen-bond donors (Lipinski definition) is 0. The van der Waals surface area contributed by atoms with Gasteiger partial charge in [0.15, 0.2) is 17.9 Å². The van der Waals surface area contributed by atoms with Crippen molar-refractivity contribution in [1.82, 2.24) is 9.97 Å². The molecule has 0 saturated carbocycles. The third kappa shape index (κ3) is 2.72. The molecule has 0 saturated heterocycles. The number of allylic oxidation sites excluding steroid dienone is 2. The van der Waals surface area contributed by atoms with Crippen LogP contribution in [-0.2, 0) is 14.3 Å². The van der Waals surface area contributed by atoms with E-state index in [4.69, 9.17) is 4.74 Å². The molecule has 1 heterocycles. The Morgan fingerprint density at radius 2 is 2.10 bits per heavy atom. The molecule has 1 aliphatic carbocycles. The highest BCUT2D eigenvalue weighted by Gasteiger charge is 2.40. The molecule has 0 spiro atoms. The zero-order chi connectivity index (χ0) is 14.6. The molecule has 0 N–H and O–H groups in total. The van der Waals surface area contributed by atoms with Crippen LogP contribution in [0.15, 0.2) is 42.3 Å². The molecule has 5 nitrogen and oxygen atoms in total. The second kappa shape index (κ2) is 5.88. The first-order valence-corrected chi connectivity index (χ1v) is 6.44. The van der Waals surface area contributed by atoms with Gasteiger partial charge in [-0.05, 0) is 37.1 Å². The Bertz CT molecular complexity index is 566. The predicted molar refractivity (Wildman–Crippen MR) is 72.8 cm³/mol. The zero-order valence-electron chi connectivity index (χ0n) is 11.4. The van der Waals surface area contributed by atoms with Gasteiger partial charge in [-0.15, -0.1) is 0 Å². The highest BCUT2D eigenvalue weighted by Crippen LogP contribution is 2.28. The molecule has 0 bridgehead atoms. The Hall–Kier alpha value is -2.14. The molecule has 0 aliphatic heterocycles. The van der Waals surface area contributed by atoms with Gasteiger partial charge in [0.2, 0.25) is 5.60 Å². The van der Waals surface area contributed by atoms with Crippen molar-refractivity contribution in [3.63, 3.8) is 0 Å². The second-order valence-electron chi connectivity index (χ2n) is 4.62. The molecular weight excluding hydrogens is 256 g/mol. The highest BCUT2D eigenvalue weighted by molar-refractivity contribution is 6.11. The molecule has 0 fully saturated rings. The topological polar surface area (TPSA) is 69.2 Å². The number of aldehydes is 1. The van der Waals surface area contributed by atoms with E-state index >= 15 is 0 Å². The van der Waals surface area contributed by atoms with E-state index in [1.807, 2.05) is 6.92 Å². The van der Waals surface area contributed by atoms with Crippen LogP contribution in [0.3, 0.4) is 0 Å². The lowest BCUT2D eigenvalue weighted by atomic mass is 9.92. The van der Waals surface area contributed by atoms with Crippen LogP contribution in [0, 0.1) is 0 Å². The molecular formula is C15H16N2O3. The molecule has 1 aromatic heterocycles. The summed E-state index contributed by atoms with van der Waals surface area (Å²) in [5.41, 5.74) is -0.778. The molecule has 1 aromatic rings. The molecule has 0 amide bonds. The summed E-state index contributed by atoms with van der Waals surface area (Å²) in [5, 5.41) is 0. The second-order valence-corrected chi connectivity index (χ2v) is 4.62. The van der Waals surface area contributed by atoms with Gasteiger partial charge in [0.05, 0.1) is 0 Å². The van der Waals surface area contributed by atoms with Gasteiger partial charge in [-0.25, -0.2) is 9.97 Å². The highest BCUT2D eigenvalue weighted by atomic mass is 16.5. The quantitative estimate of drug-likeness (QED) is 0.605. The molecule has 2 rings (SSSR count). The average Bonchev–Trinajstić information content (AvgIpc) is 2.48. The maximum absolute atomic E-state index is 12.1. The summed E-state index contributed by atoms with van der Waals surface area (Å²) >= 11 is 0. The van der Waals surface area contributed by atoms with Gasteiger partial charge in [0, 0.05) is 12.4 Å². The van der Waals surface area contributed by atoms with E-state index in [1.165, 1.54) is 12.2 Å². The van der Waals surface area contributed by atoms with E-state index in [-0.39, 0.29) is 5.78 Å². The predicted octanol–water partition coefficient (Wildman–Crippen LogP) is 1.97. The summed E-state index contributed by atoms with van der Waals surface area (Å²) in [6.07, 6.45) is 8.38. The minimum absolute atomic E-state index is 0.373. The molecule has 0 radical (unpaired) electrons. The first-order chi connectivity index (χ1) is 9.61.